The number of carbonyl (C=O) groups is 3. The zero-order valence-electron chi connectivity index (χ0n) is 17.2. The van der Waals surface area contributed by atoms with E-state index in [-0.39, 0.29) is 17.4 Å². The van der Waals surface area contributed by atoms with Crippen molar-refractivity contribution in [3.05, 3.63) is 90.0 Å². The summed E-state index contributed by atoms with van der Waals surface area (Å²) in [5.41, 5.74) is 1.68. The van der Waals surface area contributed by atoms with Crippen LogP contribution in [0.15, 0.2) is 78.9 Å². The van der Waals surface area contributed by atoms with E-state index in [1.807, 2.05) is 6.07 Å². The third-order valence-electron chi connectivity index (χ3n) is 4.55. The molecule has 0 saturated carbocycles. The molecule has 0 aliphatic rings. The second-order valence-electron chi connectivity index (χ2n) is 6.78. The van der Waals surface area contributed by atoms with Crippen LogP contribution in [0, 0.1) is 0 Å². The largest absolute Gasteiger partial charge is 0.497 e. The van der Waals surface area contributed by atoms with E-state index < -0.39 is 11.9 Å². The molecule has 0 aliphatic heterocycles. The van der Waals surface area contributed by atoms with Crippen molar-refractivity contribution in [1.82, 2.24) is 5.32 Å². The third-order valence-corrected chi connectivity index (χ3v) is 4.55. The molecule has 3 N–H and O–H groups in total. The topological polar surface area (TPSA) is 96.5 Å². The van der Waals surface area contributed by atoms with Gasteiger partial charge in [0.15, 0.2) is 0 Å². The zero-order chi connectivity index (χ0) is 22.2. The van der Waals surface area contributed by atoms with Gasteiger partial charge in [0.05, 0.1) is 18.4 Å². The Morgan fingerprint density at radius 1 is 0.774 bits per heavy atom. The van der Waals surface area contributed by atoms with Crippen molar-refractivity contribution in [3.8, 4) is 5.75 Å². The molecule has 31 heavy (non-hydrogen) atoms. The summed E-state index contributed by atoms with van der Waals surface area (Å²) in [5.74, 6) is -0.495. The van der Waals surface area contributed by atoms with Gasteiger partial charge in [-0.1, -0.05) is 30.3 Å². The zero-order valence-corrected chi connectivity index (χ0v) is 17.2. The van der Waals surface area contributed by atoms with Crippen LogP contribution in [0.5, 0.6) is 5.75 Å². The van der Waals surface area contributed by atoms with Crippen molar-refractivity contribution in [2.45, 2.75) is 13.0 Å². The summed E-state index contributed by atoms with van der Waals surface area (Å²) in [6, 6.07) is 21.4. The van der Waals surface area contributed by atoms with Gasteiger partial charge in [-0.25, -0.2) is 0 Å². The number of benzene rings is 3. The van der Waals surface area contributed by atoms with Gasteiger partial charge in [0.2, 0.25) is 5.91 Å². The number of rotatable bonds is 7. The minimum absolute atomic E-state index is 0.260. The first-order valence-electron chi connectivity index (χ1n) is 9.69. The molecule has 1 unspecified atom stereocenters. The second kappa shape index (κ2) is 10.1. The quantitative estimate of drug-likeness (QED) is 0.546. The number of anilines is 2. The molecule has 0 radical (unpaired) electrons. The Morgan fingerprint density at radius 2 is 1.42 bits per heavy atom. The van der Waals surface area contributed by atoms with Gasteiger partial charge >= 0.3 is 0 Å². The van der Waals surface area contributed by atoms with Crippen LogP contribution in [0.2, 0.25) is 0 Å². The maximum Gasteiger partial charge on any atom is 0.255 e. The average molecular weight is 417 g/mol. The van der Waals surface area contributed by atoms with E-state index in [0.29, 0.717) is 22.7 Å². The van der Waals surface area contributed by atoms with Crippen molar-refractivity contribution < 1.29 is 19.1 Å². The van der Waals surface area contributed by atoms with Gasteiger partial charge in [-0.15, -0.1) is 0 Å². The van der Waals surface area contributed by atoms with Gasteiger partial charge in [0.1, 0.15) is 11.8 Å². The number of methoxy groups -OCH3 is 1. The van der Waals surface area contributed by atoms with E-state index in [2.05, 4.69) is 16.0 Å². The lowest BCUT2D eigenvalue weighted by Crippen LogP contribution is -2.41. The smallest absolute Gasteiger partial charge is 0.255 e. The molecule has 0 bridgehead atoms. The molecule has 0 saturated heterocycles. The standard InChI is InChI=1S/C24H23N3O4/c1-16(22(28)26-18-12-14-19(31-2)15-13-18)25-24(30)20-10-6-7-11-21(20)27-23(29)17-8-4-3-5-9-17/h3-16H,1-2H3,(H,25,30)(H,26,28)(H,27,29). The highest BCUT2D eigenvalue weighted by Gasteiger charge is 2.19. The molecule has 7 nitrogen and oxygen atoms in total. The highest BCUT2D eigenvalue weighted by molar-refractivity contribution is 6.09. The van der Waals surface area contributed by atoms with Crippen molar-refractivity contribution >= 4 is 29.1 Å². The number of para-hydroxylation sites is 1. The summed E-state index contributed by atoms with van der Waals surface area (Å²) < 4.78 is 5.09. The number of carbonyl (C=O) groups excluding carboxylic acids is 3. The fourth-order valence-electron chi connectivity index (χ4n) is 2.84. The Bertz CT molecular complexity index is 1070. The number of amides is 3. The van der Waals surface area contributed by atoms with Crippen molar-refractivity contribution in [3.63, 3.8) is 0 Å². The minimum Gasteiger partial charge on any atom is -0.497 e. The van der Waals surface area contributed by atoms with Crippen molar-refractivity contribution in [2.24, 2.45) is 0 Å². The monoisotopic (exact) mass is 417 g/mol. The highest BCUT2D eigenvalue weighted by Crippen LogP contribution is 2.17. The average Bonchev–Trinajstić information content (AvgIpc) is 2.80. The third kappa shape index (κ3) is 5.70. The number of hydrogen-bond donors (Lipinski definition) is 3. The molecule has 0 heterocycles. The van der Waals surface area contributed by atoms with Crippen LogP contribution in [0.25, 0.3) is 0 Å². The summed E-state index contributed by atoms with van der Waals surface area (Å²) in [6.07, 6.45) is 0. The van der Waals surface area contributed by atoms with Crippen LogP contribution in [-0.2, 0) is 4.79 Å². The molecule has 3 aromatic carbocycles. The number of nitrogens with one attached hydrogen (secondary N) is 3. The van der Waals surface area contributed by atoms with Crippen molar-refractivity contribution in [2.75, 3.05) is 17.7 Å². The van der Waals surface area contributed by atoms with E-state index >= 15 is 0 Å². The first kappa shape index (κ1) is 21.6. The molecule has 0 spiro atoms. The fourth-order valence-corrected chi connectivity index (χ4v) is 2.84. The van der Waals surface area contributed by atoms with Gasteiger partial charge in [-0.3, -0.25) is 14.4 Å². The van der Waals surface area contributed by atoms with E-state index in [4.69, 9.17) is 4.74 Å². The summed E-state index contributed by atoms with van der Waals surface area (Å²) in [4.78, 5) is 37.7. The normalized spacial score (nSPS) is 11.2. The lowest BCUT2D eigenvalue weighted by atomic mass is 10.1. The molecule has 158 valence electrons. The number of ether oxygens (including phenoxy) is 1. The molecule has 1 atom stereocenters. The Hall–Kier alpha value is -4.13. The van der Waals surface area contributed by atoms with Crippen LogP contribution in [0.4, 0.5) is 11.4 Å². The van der Waals surface area contributed by atoms with E-state index in [1.54, 1.807) is 86.8 Å². The molecule has 0 fully saturated rings. The van der Waals surface area contributed by atoms with E-state index in [1.165, 1.54) is 0 Å². The number of hydrogen-bond acceptors (Lipinski definition) is 4. The first-order chi connectivity index (χ1) is 15.0. The van der Waals surface area contributed by atoms with Gasteiger partial charge in [-0.05, 0) is 55.5 Å². The summed E-state index contributed by atoms with van der Waals surface area (Å²) in [7, 11) is 1.56. The van der Waals surface area contributed by atoms with Gasteiger partial charge in [-0.2, -0.15) is 0 Å². The Labute approximate surface area is 180 Å². The maximum absolute atomic E-state index is 12.8. The van der Waals surface area contributed by atoms with Crippen LogP contribution in [-0.4, -0.2) is 30.9 Å². The molecule has 3 rings (SSSR count). The molecule has 0 aromatic heterocycles. The first-order valence-corrected chi connectivity index (χ1v) is 9.69. The van der Waals surface area contributed by atoms with Crippen LogP contribution in [0.1, 0.15) is 27.6 Å². The molecule has 3 amide bonds. The van der Waals surface area contributed by atoms with Gasteiger partial charge in [0.25, 0.3) is 11.8 Å². The Morgan fingerprint density at radius 3 is 2.10 bits per heavy atom. The molecule has 0 aliphatic carbocycles. The van der Waals surface area contributed by atoms with Crippen LogP contribution in [0.3, 0.4) is 0 Å². The molecular formula is C24H23N3O4. The SMILES string of the molecule is COc1ccc(NC(=O)C(C)NC(=O)c2ccccc2NC(=O)c2ccccc2)cc1. The Balaban J connectivity index is 1.65. The van der Waals surface area contributed by atoms with Gasteiger partial charge < -0.3 is 20.7 Å². The van der Waals surface area contributed by atoms with E-state index in [0.717, 1.165) is 0 Å². The predicted molar refractivity (Wildman–Crippen MR) is 119 cm³/mol. The summed E-state index contributed by atoms with van der Waals surface area (Å²) >= 11 is 0. The minimum atomic E-state index is -0.799. The molecular weight excluding hydrogens is 394 g/mol. The van der Waals surface area contributed by atoms with E-state index in [9.17, 15) is 14.4 Å². The molecule has 7 heteroatoms. The van der Waals surface area contributed by atoms with Gasteiger partial charge in [0, 0.05) is 11.3 Å². The summed E-state index contributed by atoms with van der Waals surface area (Å²) in [6.45, 7) is 1.59. The van der Waals surface area contributed by atoms with Crippen molar-refractivity contribution in [1.29, 1.82) is 0 Å². The molecule has 3 aromatic rings. The fraction of sp³-hybridized carbons (Fsp3) is 0.125. The second-order valence-corrected chi connectivity index (χ2v) is 6.78. The van der Waals surface area contributed by atoms with Crippen LogP contribution < -0.4 is 20.7 Å². The maximum atomic E-state index is 12.8. The highest BCUT2D eigenvalue weighted by atomic mass is 16.5. The lowest BCUT2D eigenvalue weighted by Gasteiger charge is -2.16. The lowest BCUT2D eigenvalue weighted by molar-refractivity contribution is -0.117. The summed E-state index contributed by atoms with van der Waals surface area (Å²) in [5, 5.41) is 8.15. The van der Waals surface area contributed by atoms with Crippen LogP contribution >= 0.6 is 0 Å². The Kier molecular flexibility index (Phi) is 7.01. The predicted octanol–water partition coefficient (Wildman–Crippen LogP) is 3.70.